The summed E-state index contributed by atoms with van der Waals surface area (Å²) >= 11 is 12.3. The first-order valence-electron chi connectivity index (χ1n) is 13.5. The van der Waals surface area contributed by atoms with E-state index in [-0.39, 0.29) is 37.4 Å². The molecule has 1 saturated carbocycles. The Labute approximate surface area is 242 Å². The Balaban J connectivity index is 1.79. The molecular formula is C29H39Cl2N3O4S. The molecule has 2 amide bonds. The van der Waals surface area contributed by atoms with Gasteiger partial charge < -0.3 is 10.2 Å². The molecule has 0 aliphatic heterocycles. The standard InChI is InChI=1S/C29H39Cl2N3O4S/c1-5-27(29(36)32-23-9-6-7-10-23)33(19-22-12-13-25(30)26(31)18-22)28(35)11-8-14-34(39(4,37)38)24-16-20(2)15-21(3)17-24/h12-13,15-18,23,27H,5-11,14,19H2,1-4H3,(H,32,36)/t27-/m1/s1. The van der Waals surface area contributed by atoms with Crippen LogP contribution in [0.3, 0.4) is 0 Å². The highest BCUT2D eigenvalue weighted by molar-refractivity contribution is 7.92. The second-order valence-corrected chi connectivity index (χ2v) is 13.2. The number of hydrogen-bond acceptors (Lipinski definition) is 4. The first-order chi connectivity index (χ1) is 18.4. The number of nitrogens with one attached hydrogen (secondary N) is 1. The van der Waals surface area contributed by atoms with Crippen molar-refractivity contribution in [3.63, 3.8) is 0 Å². The van der Waals surface area contributed by atoms with E-state index in [4.69, 9.17) is 23.2 Å². The summed E-state index contributed by atoms with van der Waals surface area (Å²) in [6.07, 6.45) is 6.08. The fourth-order valence-corrected chi connectivity index (χ4v) is 6.49. The molecule has 0 heterocycles. The van der Waals surface area contributed by atoms with Crippen LogP contribution in [0, 0.1) is 13.8 Å². The Bertz CT molecular complexity index is 1260. The highest BCUT2D eigenvalue weighted by Crippen LogP contribution is 2.26. The molecule has 0 unspecified atom stereocenters. The van der Waals surface area contributed by atoms with Gasteiger partial charge >= 0.3 is 0 Å². The number of anilines is 1. The molecule has 39 heavy (non-hydrogen) atoms. The lowest BCUT2D eigenvalue weighted by molar-refractivity contribution is -0.141. The molecule has 1 aliphatic carbocycles. The van der Waals surface area contributed by atoms with Crippen LogP contribution in [0.5, 0.6) is 0 Å². The number of nitrogens with zero attached hydrogens (tertiary/aromatic N) is 2. The molecule has 1 atom stereocenters. The van der Waals surface area contributed by atoms with Gasteiger partial charge in [0.15, 0.2) is 0 Å². The maximum Gasteiger partial charge on any atom is 0.243 e. The van der Waals surface area contributed by atoms with Gasteiger partial charge in [0.2, 0.25) is 21.8 Å². The number of carbonyl (C=O) groups excluding carboxylic acids is 2. The molecule has 1 aliphatic rings. The van der Waals surface area contributed by atoms with Crippen LogP contribution >= 0.6 is 23.2 Å². The predicted octanol–water partition coefficient (Wildman–Crippen LogP) is 6.02. The molecular weight excluding hydrogens is 557 g/mol. The maximum atomic E-state index is 13.6. The molecule has 7 nitrogen and oxygen atoms in total. The van der Waals surface area contributed by atoms with E-state index in [0.717, 1.165) is 42.4 Å². The minimum absolute atomic E-state index is 0.0886. The van der Waals surface area contributed by atoms with Crippen molar-refractivity contribution in [2.45, 2.75) is 84.3 Å². The Morgan fingerprint density at radius 2 is 1.67 bits per heavy atom. The molecule has 0 spiro atoms. The van der Waals surface area contributed by atoms with Gasteiger partial charge in [-0.1, -0.05) is 55.1 Å². The van der Waals surface area contributed by atoms with Crippen LogP contribution in [0.25, 0.3) is 0 Å². The average molecular weight is 597 g/mol. The SMILES string of the molecule is CC[C@H](C(=O)NC1CCCC1)N(Cc1ccc(Cl)c(Cl)c1)C(=O)CCCN(c1cc(C)cc(C)c1)S(C)(=O)=O. The molecule has 0 aromatic heterocycles. The molecule has 214 valence electrons. The number of sulfonamides is 1. The molecule has 0 saturated heterocycles. The van der Waals surface area contributed by atoms with E-state index in [0.29, 0.717) is 28.6 Å². The van der Waals surface area contributed by atoms with Crippen LogP contribution in [0.1, 0.15) is 68.6 Å². The third-order valence-corrected chi connectivity index (χ3v) is 9.00. The molecule has 10 heteroatoms. The monoisotopic (exact) mass is 595 g/mol. The molecule has 2 aromatic rings. The Morgan fingerprint density at radius 3 is 2.23 bits per heavy atom. The van der Waals surface area contributed by atoms with Gasteiger partial charge in [-0.25, -0.2) is 8.42 Å². The topological polar surface area (TPSA) is 86.8 Å². The van der Waals surface area contributed by atoms with Crippen molar-refractivity contribution in [2.75, 3.05) is 17.1 Å². The van der Waals surface area contributed by atoms with Crippen molar-refractivity contribution in [1.29, 1.82) is 0 Å². The number of hydrogen-bond donors (Lipinski definition) is 1. The lowest BCUT2D eigenvalue weighted by Gasteiger charge is -2.32. The van der Waals surface area contributed by atoms with Crippen LogP contribution in [-0.4, -0.2) is 50.0 Å². The van der Waals surface area contributed by atoms with E-state index < -0.39 is 16.1 Å². The average Bonchev–Trinajstić information content (AvgIpc) is 3.35. The summed E-state index contributed by atoms with van der Waals surface area (Å²) in [6, 6.07) is 10.3. The number of aryl methyl sites for hydroxylation is 2. The van der Waals surface area contributed by atoms with Gasteiger partial charge in [-0.15, -0.1) is 0 Å². The zero-order valence-corrected chi connectivity index (χ0v) is 25.5. The van der Waals surface area contributed by atoms with Crippen molar-refractivity contribution < 1.29 is 18.0 Å². The minimum Gasteiger partial charge on any atom is -0.352 e. The number of amides is 2. The highest BCUT2D eigenvalue weighted by atomic mass is 35.5. The molecule has 0 bridgehead atoms. The van der Waals surface area contributed by atoms with Gasteiger partial charge in [-0.3, -0.25) is 13.9 Å². The van der Waals surface area contributed by atoms with Crippen molar-refractivity contribution in [2.24, 2.45) is 0 Å². The highest BCUT2D eigenvalue weighted by Gasteiger charge is 2.31. The summed E-state index contributed by atoms with van der Waals surface area (Å²) in [5, 5.41) is 3.92. The van der Waals surface area contributed by atoms with Gasteiger partial charge in [0.05, 0.1) is 22.0 Å². The quantitative estimate of drug-likeness (QED) is 0.325. The molecule has 0 radical (unpaired) electrons. The largest absolute Gasteiger partial charge is 0.352 e. The van der Waals surface area contributed by atoms with Crippen LogP contribution in [-0.2, 0) is 26.2 Å². The van der Waals surface area contributed by atoms with Crippen LogP contribution in [0.2, 0.25) is 10.0 Å². The Kier molecular flexibility index (Phi) is 11.1. The second kappa shape index (κ2) is 13.9. The number of halogens is 2. The van der Waals surface area contributed by atoms with Crippen molar-refractivity contribution in [3.05, 3.63) is 63.1 Å². The van der Waals surface area contributed by atoms with Gasteiger partial charge in [0.25, 0.3) is 0 Å². The fraction of sp³-hybridized carbons (Fsp3) is 0.517. The molecule has 1 fully saturated rings. The number of rotatable bonds is 12. The van der Waals surface area contributed by atoms with Crippen LogP contribution in [0.4, 0.5) is 5.69 Å². The molecule has 3 rings (SSSR count). The summed E-state index contributed by atoms with van der Waals surface area (Å²) in [6.45, 7) is 6.07. The molecule has 2 aromatic carbocycles. The van der Waals surface area contributed by atoms with Crippen molar-refractivity contribution in [1.82, 2.24) is 10.2 Å². The van der Waals surface area contributed by atoms with Crippen LogP contribution < -0.4 is 9.62 Å². The summed E-state index contributed by atoms with van der Waals surface area (Å²) in [7, 11) is -3.56. The van der Waals surface area contributed by atoms with Gasteiger partial charge in [0, 0.05) is 25.6 Å². The zero-order valence-electron chi connectivity index (χ0n) is 23.2. The predicted molar refractivity (Wildman–Crippen MR) is 159 cm³/mol. The minimum atomic E-state index is -3.56. The van der Waals surface area contributed by atoms with E-state index in [1.54, 1.807) is 23.1 Å². The van der Waals surface area contributed by atoms with Crippen molar-refractivity contribution in [3.8, 4) is 0 Å². The summed E-state index contributed by atoms with van der Waals surface area (Å²) in [5.41, 5.74) is 3.26. The van der Waals surface area contributed by atoms with Gasteiger partial charge in [-0.05, 0) is 80.5 Å². The van der Waals surface area contributed by atoms with Crippen molar-refractivity contribution >= 4 is 50.7 Å². The van der Waals surface area contributed by atoms with Gasteiger partial charge in [0.1, 0.15) is 6.04 Å². The Morgan fingerprint density at radius 1 is 1.03 bits per heavy atom. The number of benzene rings is 2. The second-order valence-electron chi connectivity index (χ2n) is 10.5. The fourth-order valence-electron chi connectivity index (χ4n) is 5.22. The third-order valence-electron chi connectivity index (χ3n) is 7.07. The summed E-state index contributed by atoms with van der Waals surface area (Å²) in [5.74, 6) is -0.380. The lowest BCUT2D eigenvalue weighted by atomic mass is 10.1. The smallest absolute Gasteiger partial charge is 0.243 e. The van der Waals surface area contributed by atoms with E-state index in [1.165, 1.54) is 10.6 Å². The van der Waals surface area contributed by atoms with E-state index in [9.17, 15) is 18.0 Å². The summed E-state index contributed by atoms with van der Waals surface area (Å²) in [4.78, 5) is 28.5. The van der Waals surface area contributed by atoms with Gasteiger partial charge in [-0.2, -0.15) is 0 Å². The first-order valence-corrected chi connectivity index (χ1v) is 16.1. The lowest BCUT2D eigenvalue weighted by Crippen LogP contribution is -2.51. The first kappa shape index (κ1) is 31.2. The zero-order chi connectivity index (χ0) is 28.7. The maximum absolute atomic E-state index is 13.6. The summed E-state index contributed by atoms with van der Waals surface area (Å²) < 4.78 is 26.6. The van der Waals surface area contributed by atoms with E-state index >= 15 is 0 Å². The molecule has 1 N–H and O–H groups in total. The normalized spacial score (nSPS) is 14.7. The Hall–Kier alpha value is -2.29. The number of carbonyl (C=O) groups is 2. The van der Waals surface area contributed by atoms with E-state index in [1.807, 2.05) is 39.0 Å². The third kappa shape index (κ3) is 8.85. The van der Waals surface area contributed by atoms with Crippen LogP contribution in [0.15, 0.2) is 36.4 Å². The van der Waals surface area contributed by atoms with E-state index in [2.05, 4.69) is 5.32 Å².